The van der Waals surface area contributed by atoms with Gasteiger partial charge in [-0.1, -0.05) is 87.8 Å². The number of fused-ring (bicyclic) bond motifs is 1. The van der Waals surface area contributed by atoms with Gasteiger partial charge in [0.15, 0.2) is 0 Å². The average molecular weight is 473 g/mol. The molecule has 0 saturated heterocycles. The molecule has 176 valence electrons. The van der Waals surface area contributed by atoms with Crippen LogP contribution in [0.5, 0.6) is 0 Å². The van der Waals surface area contributed by atoms with Crippen LogP contribution in [0.4, 0.5) is 11.4 Å². The lowest BCUT2D eigenvalue weighted by Crippen LogP contribution is -2.36. The third-order valence-corrected chi connectivity index (χ3v) is 6.75. The van der Waals surface area contributed by atoms with Crippen molar-refractivity contribution in [1.29, 1.82) is 0 Å². The lowest BCUT2D eigenvalue weighted by atomic mass is 9.90. The molecule has 1 aliphatic rings. The van der Waals surface area contributed by atoms with Crippen LogP contribution in [0.3, 0.4) is 0 Å². The second-order valence-corrected chi connectivity index (χ2v) is 10.1. The standard InChI is InChI=1S/C30H33ClN2O/c1-19(2)23-11-8-12-24(20(3)4)30(23)32-29(34)18-33-16-15-26(25-10-7-6-9-21(25)5)27-17-22(31)13-14-28(27)33/h6-15,17,19-20H,16,18H2,1-5H3,(H,32,34). The third-order valence-electron chi connectivity index (χ3n) is 6.51. The maximum absolute atomic E-state index is 13.3. The van der Waals surface area contributed by atoms with Gasteiger partial charge in [0.1, 0.15) is 0 Å². The smallest absolute Gasteiger partial charge is 0.243 e. The van der Waals surface area contributed by atoms with Gasteiger partial charge >= 0.3 is 0 Å². The zero-order valence-electron chi connectivity index (χ0n) is 20.7. The number of halogens is 1. The highest BCUT2D eigenvalue weighted by Crippen LogP contribution is 2.38. The van der Waals surface area contributed by atoms with E-state index in [0.717, 1.165) is 16.9 Å². The van der Waals surface area contributed by atoms with Crippen molar-refractivity contribution in [2.24, 2.45) is 0 Å². The molecule has 1 heterocycles. The molecule has 0 fully saturated rings. The van der Waals surface area contributed by atoms with Gasteiger partial charge in [-0.3, -0.25) is 4.79 Å². The zero-order valence-corrected chi connectivity index (χ0v) is 21.4. The molecule has 0 bridgehead atoms. The van der Waals surface area contributed by atoms with Crippen molar-refractivity contribution in [2.45, 2.75) is 46.5 Å². The van der Waals surface area contributed by atoms with Gasteiger partial charge in [0.2, 0.25) is 5.91 Å². The first-order chi connectivity index (χ1) is 16.3. The molecule has 0 aromatic heterocycles. The van der Waals surface area contributed by atoms with Crippen LogP contribution in [0.1, 0.15) is 67.3 Å². The predicted octanol–water partition coefficient (Wildman–Crippen LogP) is 7.79. The van der Waals surface area contributed by atoms with E-state index in [9.17, 15) is 4.79 Å². The Bertz CT molecular complexity index is 1220. The Morgan fingerprint density at radius 1 is 0.941 bits per heavy atom. The number of carbonyl (C=O) groups excluding carboxylic acids is 1. The quantitative estimate of drug-likeness (QED) is 0.397. The molecule has 1 aliphatic heterocycles. The van der Waals surface area contributed by atoms with Crippen LogP contribution in [-0.4, -0.2) is 19.0 Å². The van der Waals surface area contributed by atoms with Crippen molar-refractivity contribution in [1.82, 2.24) is 0 Å². The Morgan fingerprint density at radius 3 is 2.26 bits per heavy atom. The van der Waals surface area contributed by atoms with E-state index in [1.165, 1.54) is 27.8 Å². The molecule has 1 amide bonds. The average Bonchev–Trinajstić information content (AvgIpc) is 2.79. The van der Waals surface area contributed by atoms with E-state index in [-0.39, 0.29) is 12.5 Å². The highest BCUT2D eigenvalue weighted by molar-refractivity contribution is 6.31. The topological polar surface area (TPSA) is 32.3 Å². The minimum atomic E-state index is -0.0105. The van der Waals surface area contributed by atoms with Crippen LogP contribution in [0.2, 0.25) is 5.02 Å². The highest BCUT2D eigenvalue weighted by Gasteiger charge is 2.24. The Labute approximate surface area is 208 Å². The molecule has 1 N–H and O–H groups in total. The van der Waals surface area contributed by atoms with Crippen LogP contribution in [0.25, 0.3) is 5.57 Å². The molecular formula is C30H33ClN2O. The van der Waals surface area contributed by atoms with Gasteiger partial charge < -0.3 is 10.2 Å². The van der Waals surface area contributed by atoms with Gasteiger partial charge in [0.25, 0.3) is 0 Å². The maximum atomic E-state index is 13.3. The molecule has 0 saturated carbocycles. The minimum Gasteiger partial charge on any atom is -0.358 e. The Kier molecular flexibility index (Phi) is 7.13. The molecule has 0 unspecified atom stereocenters. The van der Waals surface area contributed by atoms with E-state index in [0.29, 0.717) is 23.4 Å². The molecule has 3 aromatic rings. The molecular weight excluding hydrogens is 440 g/mol. The van der Waals surface area contributed by atoms with Crippen LogP contribution in [0, 0.1) is 6.92 Å². The number of nitrogens with zero attached hydrogens (tertiary/aromatic N) is 1. The largest absolute Gasteiger partial charge is 0.358 e. The van der Waals surface area contributed by atoms with Crippen LogP contribution in [0.15, 0.2) is 66.7 Å². The summed E-state index contributed by atoms with van der Waals surface area (Å²) in [6.45, 7) is 11.7. The van der Waals surface area contributed by atoms with Crippen LogP contribution < -0.4 is 10.2 Å². The number of rotatable bonds is 6. The van der Waals surface area contributed by atoms with E-state index in [1.807, 2.05) is 18.2 Å². The number of anilines is 2. The van der Waals surface area contributed by atoms with E-state index in [4.69, 9.17) is 11.6 Å². The Balaban J connectivity index is 1.63. The first kappa shape index (κ1) is 24.1. The molecule has 0 aliphatic carbocycles. The normalized spacial score (nSPS) is 13.2. The monoisotopic (exact) mass is 472 g/mol. The molecule has 3 aromatic carbocycles. The van der Waals surface area contributed by atoms with Gasteiger partial charge in [-0.15, -0.1) is 0 Å². The molecule has 4 heteroatoms. The first-order valence-corrected chi connectivity index (χ1v) is 12.4. The second-order valence-electron chi connectivity index (χ2n) is 9.64. The summed E-state index contributed by atoms with van der Waals surface area (Å²) in [5.41, 5.74) is 8.98. The van der Waals surface area contributed by atoms with Crippen molar-refractivity contribution < 1.29 is 4.79 Å². The zero-order chi connectivity index (χ0) is 24.4. The molecule has 0 atom stereocenters. The van der Waals surface area contributed by atoms with E-state index < -0.39 is 0 Å². The van der Waals surface area contributed by atoms with Crippen molar-refractivity contribution >= 4 is 34.5 Å². The number of carbonyl (C=O) groups is 1. The van der Waals surface area contributed by atoms with Crippen molar-refractivity contribution in [3.8, 4) is 0 Å². The fourth-order valence-electron chi connectivity index (χ4n) is 4.74. The lowest BCUT2D eigenvalue weighted by molar-refractivity contribution is -0.115. The summed E-state index contributed by atoms with van der Waals surface area (Å²) in [4.78, 5) is 15.4. The number of hydrogen-bond donors (Lipinski definition) is 1. The first-order valence-electron chi connectivity index (χ1n) is 12.0. The summed E-state index contributed by atoms with van der Waals surface area (Å²) in [6.07, 6.45) is 2.20. The number of amides is 1. The van der Waals surface area contributed by atoms with E-state index in [1.54, 1.807) is 0 Å². The molecule has 34 heavy (non-hydrogen) atoms. The van der Waals surface area contributed by atoms with Crippen molar-refractivity contribution in [3.63, 3.8) is 0 Å². The predicted molar refractivity (Wildman–Crippen MR) is 145 cm³/mol. The van der Waals surface area contributed by atoms with Crippen LogP contribution in [-0.2, 0) is 4.79 Å². The summed E-state index contributed by atoms with van der Waals surface area (Å²) < 4.78 is 0. The maximum Gasteiger partial charge on any atom is 0.243 e. The SMILES string of the molecule is Cc1ccccc1C1=CCN(CC(=O)Nc2c(C(C)C)cccc2C(C)C)c2ccc(Cl)cc21. The summed E-state index contributed by atoms with van der Waals surface area (Å²) in [6, 6.07) is 20.6. The number of benzene rings is 3. The molecule has 0 spiro atoms. The third kappa shape index (κ3) is 4.90. The lowest BCUT2D eigenvalue weighted by Gasteiger charge is -2.31. The van der Waals surface area contributed by atoms with Gasteiger partial charge in [0, 0.05) is 28.5 Å². The summed E-state index contributed by atoms with van der Waals surface area (Å²) in [7, 11) is 0. The van der Waals surface area contributed by atoms with E-state index in [2.05, 4.69) is 93.4 Å². The van der Waals surface area contributed by atoms with E-state index >= 15 is 0 Å². The van der Waals surface area contributed by atoms with Gasteiger partial charge in [-0.05, 0) is 64.8 Å². The molecule has 4 rings (SSSR count). The highest BCUT2D eigenvalue weighted by atomic mass is 35.5. The number of aryl methyl sites for hydroxylation is 1. The van der Waals surface area contributed by atoms with Crippen molar-refractivity contribution in [3.05, 3.63) is 99.6 Å². The van der Waals surface area contributed by atoms with Crippen LogP contribution >= 0.6 is 11.6 Å². The summed E-state index contributed by atoms with van der Waals surface area (Å²) in [5.74, 6) is 0.640. The Hall–Kier alpha value is -3.04. The Morgan fingerprint density at radius 2 is 1.62 bits per heavy atom. The van der Waals surface area contributed by atoms with Gasteiger partial charge in [0.05, 0.1) is 6.54 Å². The number of para-hydroxylation sites is 1. The minimum absolute atomic E-state index is 0.0105. The fourth-order valence-corrected chi connectivity index (χ4v) is 4.91. The number of hydrogen-bond acceptors (Lipinski definition) is 2. The summed E-state index contributed by atoms with van der Waals surface area (Å²) >= 11 is 6.40. The van der Waals surface area contributed by atoms with Crippen molar-refractivity contribution in [2.75, 3.05) is 23.3 Å². The number of nitrogens with one attached hydrogen (secondary N) is 1. The molecule has 0 radical (unpaired) electrons. The van der Waals surface area contributed by atoms with Gasteiger partial charge in [-0.25, -0.2) is 0 Å². The summed E-state index contributed by atoms with van der Waals surface area (Å²) in [5, 5.41) is 3.95. The fraction of sp³-hybridized carbons (Fsp3) is 0.300. The second kappa shape index (κ2) is 10.1. The molecule has 3 nitrogen and oxygen atoms in total. The van der Waals surface area contributed by atoms with Gasteiger partial charge in [-0.2, -0.15) is 0 Å².